The van der Waals surface area contributed by atoms with E-state index < -0.39 is 17.4 Å². The van der Waals surface area contributed by atoms with Crippen LogP contribution >= 0.6 is 34.8 Å². The Hall–Kier alpha value is -3.37. The van der Waals surface area contributed by atoms with Crippen LogP contribution in [0.2, 0.25) is 15.1 Å². The van der Waals surface area contributed by atoms with Gasteiger partial charge in [-0.2, -0.15) is 0 Å². The summed E-state index contributed by atoms with van der Waals surface area (Å²) in [5.41, 5.74) is 1.64. The van der Waals surface area contributed by atoms with E-state index in [1.165, 1.54) is 37.6 Å². The molecular weight excluding hydrogens is 610 g/mol. The van der Waals surface area contributed by atoms with Crippen molar-refractivity contribution in [2.45, 2.75) is 50.2 Å². The Labute approximate surface area is 255 Å². The van der Waals surface area contributed by atoms with Crippen LogP contribution in [0.25, 0.3) is 11.3 Å². The number of carboxylic acid groups (broad SMARTS) is 1. The molecule has 2 aliphatic rings. The van der Waals surface area contributed by atoms with Crippen molar-refractivity contribution in [1.29, 1.82) is 0 Å². The summed E-state index contributed by atoms with van der Waals surface area (Å²) in [5.74, 6) is 0.469. The second-order valence-electron chi connectivity index (χ2n) is 10.1. The number of hydrogen-bond donors (Lipinski definition) is 2. The number of rotatable bonds is 8. The molecule has 2 aliphatic carbocycles. The molecular formula is C30H26Cl3FN2O6. The van der Waals surface area contributed by atoms with Crippen LogP contribution in [-0.2, 0) is 12.2 Å². The lowest BCUT2D eigenvalue weighted by atomic mass is 9.75. The largest absolute Gasteiger partial charge is 0.489 e. The third-order valence-electron chi connectivity index (χ3n) is 7.21. The molecule has 2 aromatic carbocycles. The molecule has 0 bridgehead atoms. The highest BCUT2D eigenvalue weighted by Gasteiger charge is 2.38. The Balaban J connectivity index is 0.000000271. The van der Waals surface area contributed by atoms with Crippen molar-refractivity contribution in [3.63, 3.8) is 0 Å². The lowest BCUT2D eigenvalue weighted by molar-refractivity contribution is -0.0387. The third kappa shape index (κ3) is 6.49. The third-order valence-corrected chi connectivity index (χ3v) is 8.12. The summed E-state index contributed by atoms with van der Waals surface area (Å²) >= 11 is 19.0. The van der Waals surface area contributed by atoms with E-state index in [2.05, 4.69) is 10.1 Å². The van der Waals surface area contributed by atoms with Gasteiger partial charge in [-0.25, -0.2) is 14.2 Å². The molecule has 220 valence electrons. The van der Waals surface area contributed by atoms with Gasteiger partial charge in [0.15, 0.2) is 0 Å². The first-order valence-electron chi connectivity index (χ1n) is 13.1. The number of hydrogen-bond acceptors (Lipinski definition) is 7. The molecule has 2 N–H and O–H groups in total. The van der Waals surface area contributed by atoms with Crippen LogP contribution in [0.15, 0.2) is 53.2 Å². The molecule has 4 aromatic rings. The van der Waals surface area contributed by atoms with E-state index in [0.717, 1.165) is 36.1 Å². The van der Waals surface area contributed by atoms with Crippen molar-refractivity contribution in [2.24, 2.45) is 0 Å². The summed E-state index contributed by atoms with van der Waals surface area (Å²) in [6.45, 7) is 0.161. The summed E-state index contributed by atoms with van der Waals surface area (Å²) in [6, 6.07) is 10.6. The van der Waals surface area contributed by atoms with Gasteiger partial charge in [-0.1, -0.05) is 46.0 Å². The van der Waals surface area contributed by atoms with Gasteiger partial charge < -0.3 is 24.2 Å². The molecule has 2 heterocycles. The predicted molar refractivity (Wildman–Crippen MR) is 155 cm³/mol. The van der Waals surface area contributed by atoms with Gasteiger partial charge in [0.1, 0.15) is 29.6 Å². The number of aromatic carboxylic acids is 1. The molecule has 42 heavy (non-hydrogen) atoms. The van der Waals surface area contributed by atoms with Crippen LogP contribution in [-0.4, -0.2) is 33.4 Å². The molecule has 0 aliphatic heterocycles. The van der Waals surface area contributed by atoms with Crippen molar-refractivity contribution >= 4 is 40.8 Å². The Kier molecular flexibility index (Phi) is 8.94. The predicted octanol–water partition coefficient (Wildman–Crippen LogP) is 8.06. The SMILES string of the molecule is COc1ccc(C(=O)O)cn1.OC1(c2ccc(OCc3c(-c4c(Cl)cc(F)cc4Cl)noc3C3CC3)cc2Cl)CCC1. The van der Waals surface area contributed by atoms with Gasteiger partial charge >= 0.3 is 5.97 Å². The molecule has 0 saturated heterocycles. The normalized spacial score (nSPS) is 15.3. The first kappa shape index (κ1) is 30.1. The first-order valence-corrected chi connectivity index (χ1v) is 14.2. The quantitative estimate of drug-likeness (QED) is 0.200. The fraction of sp³-hybridized carbons (Fsp3) is 0.300. The maximum Gasteiger partial charge on any atom is 0.337 e. The molecule has 2 aromatic heterocycles. The molecule has 0 atom stereocenters. The van der Waals surface area contributed by atoms with Crippen LogP contribution in [0.1, 0.15) is 65.3 Å². The molecule has 2 saturated carbocycles. The second kappa shape index (κ2) is 12.5. The van der Waals surface area contributed by atoms with Crippen LogP contribution in [0.5, 0.6) is 11.6 Å². The summed E-state index contributed by atoms with van der Waals surface area (Å²) in [5, 5.41) is 24.0. The van der Waals surface area contributed by atoms with Gasteiger partial charge in [-0.05, 0) is 62.4 Å². The smallest absolute Gasteiger partial charge is 0.337 e. The van der Waals surface area contributed by atoms with Gasteiger partial charge in [0, 0.05) is 29.3 Å². The molecule has 0 unspecified atom stereocenters. The molecule has 0 spiro atoms. The highest BCUT2D eigenvalue weighted by molar-refractivity contribution is 6.39. The average Bonchev–Trinajstić information content (AvgIpc) is 3.70. The first-order chi connectivity index (χ1) is 20.1. The fourth-order valence-corrected chi connectivity index (χ4v) is 5.61. The topological polar surface area (TPSA) is 115 Å². The summed E-state index contributed by atoms with van der Waals surface area (Å²) in [6.07, 6.45) is 5.67. The van der Waals surface area contributed by atoms with Gasteiger partial charge in [0.2, 0.25) is 5.88 Å². The van der Waals surface area contributed by atoms with Gasteiger partial charge in [-0.15, -0.1) is 0 Å². The molecule has 2 fully saturated rings. The molecule has 8 nitrogen and oxygen atoms in total. The number of carboxylic acids is 1. The lowest BCUT2D eigenvalue weighted by Crippen LogP contribution is -2.33. The molecule has 6 rings (SSSR count). The Bertz CT molecular complexity index is 1580. The van der Waals surface area contributed by atoms with Crippen molar-refractivity contribution in [3.05, 3.63) is 92.0 Å². The van der Waals surface area contributed by atoms with Crippen LogP contribution in [0.4, 0.5) is 4.39 Å². The minimum Gasteiger partial charge on any atom is -0.489 e. The van der Waals surface area contributed by atoms with Crippen molar-refractivity contribution in [3.8, 4) is 22.9 Å². The Morgan fingerprint density at radius 2 is 1.81 bits per heavy atom. The number of ether oxygens (including phenoxy) is 2. The summed E-state index contributed by atoms with van der Waals surface area (Å²) in [4.78, 5) is 14.0. The Morgan fingerprint density at radius 3 is 2.33 bits per heavy atom. The number of methoxy groups -OCH3 is 1. The van der Waals surface area contributed by atoms with E-state index in [4.69, 9.17) is 53.9 Å². The van der Waals surface area contributed by atoms with E-state index in [9.17, 15) is 14.3 Å². The van der Waals surface area contributed by atoms with Gasteiger partial charge in [0.25, 0.3) is 0 Å². The number of aromatic nitrogens is 2. The zero-order chi connectivity index (χ0) is 30.0. The highest BCUT2D eigenvalue weighted by Crippen LogP contribution is 2.47. The van der Waals surface area contributed by atoms with Gasteiger partial charge in [0.05, 0.1) is 38.9 Å². The summed E-state index contributed by atoms with van der Waals surface area (Å²) in [7, 11) is 1.47. The standard InChI is InChI=1S/C23H19Cl3FNO3.C7H7NO3/c24-17-10-14(4-5-16(17)23(29)6-1-7-23)30-11-15-21(28-31-22(15)12-2-3-12)20-18(25)8-13(27)9-19(20)26;1-11-6-3-2-5(4-8-6)7(9)10/h4-5,8-10,12,29H,1-3,6-7,11H2;2-4H,1H3,(H,9,10). The number of benzene rings is 2. The number of aliphatic hydroxyl groups is 1. The number of halogens is 4. The maximum atomic E-state index is 13.7. The minimum absolute atomic E-state index is 0.156. The molecule has 0 amide bonds. The van der Waals surface area contributed by atoms with E-state index in [-0.39, 0.29) is 28.1 Å². The number of pyridine rings is 1. The van der Waals surface area contributed by atoms with Crippen molar-refractivity contribution in [1.82, 2.24) is 10.1 Å². The zero-order valence-corrected chi connectivity index (χ0v) is 24.6. The second-order valence-corrected chi connectivity index (χ2v) is 11.3. The van der Waals surface area contributed by atoms with Crippen LogP contribution < -0.4 is 9.47 Å². The minimum atomic E-state index is -0.986. The van der Waals surface area contributed by atoms with E-state index in [1.807, 2.05) is 0 Å². The van der Waals surface area contributed by atoms with Crippen molar-refractivity contribution < 1.29 is 33.4 Å². The van der Waals surface area contributed by atoms with E-state index in [0.29, 0.717) is 40.8 Å². The number of carbonyl (C=O) groups is 1. The molecule has 0 radical (unpaired) electrons. The summed E-state index contributed by atoms with van der Waals surface area (Å²) < 4.78 is 30.0. The van der Waals surface area contributed by atoms with Crippen molar-refractivity contribution in [2.75, 3.05) is 7.11 Å². The molecule has 12 heteroatoms. The lowest BCUT2D eigenvalue weighted by Gasteiger charge is -2.37. The Morgan fingerprint density at radius 1 is 1.10 bits per heavy atom. The van der Waals surface area contributed by atoms with Crippen LogP contribution in [0, 0.1) is 5.82 Å². The zero-order valence-electron chi connectivity index (χ0n) is 22.4. The maximum absolute atomic E-state index is 13.7. The monoisotopic (exact) mass is 634 g/mol. The van der Waals surface area contributed by atoms with E-state index >= 15 is 0 Å². The highest BCUT2D eigenvalue weighted by atomic mass is 35.5. The average molecular weight is 636 g/mol. The van der Waals surface area contributed by atoms with Crippen LogP contribution in [0.3, 0.4) is 0 Å². The fourth-order valence-electron chi connectivity index (χ4n) is 4.62. The van der Waals surface area contributed by atoms with Gasteiger partial charge in [-0.3, -0.25) is 0 Å². The van der Waals surface area contributed by atoms with E-state index in [1.54, 1.807) is 18.2 Å². The number of nitrogens with zero attached hydrogens (tertiary/aromatic N) is 2.